The van der Waals surface area contributed by atoms with Crippen LogP contribution in [0, 0.1) is 0 Å². The Labute approximate surface area is 144 Å². The van der Waals surface area contributed by atoms with Crippen LogP contribution in [0.5, 0.6) is 0 Å². The molecule has 3 heterocycles. The topological polar surface area (TPSA) is 93.5 Å². The molecule has 2 fully saturated rings. The van der Waals surface area contributed by atoms with Gasteiger partial charge in [-0.2, -0.15) is 4.80 Å². The lowest BCUT2D eigenvalue weighted by Gasteiger charge is -2.21. The van der Waals surface area contributed by atoms with Crippen LogP contribution in [0.15, 0.2) is 24.3 Å². The molecule has 1 spiro atoms. The van der Waals surface area contributed by atoms with E-state index in [1.54, 1.807) is 48.2 Å². The van der Waals surface area contributed by atoms with Gasteiger partial charge >= 0.3 is 6.09 Å². The van der Waals surface area contributed by atoms with Gasteiger partial charge in [0.25, 0.3) is 5.91 Å². The number of carbonyl (C=O) groups excluding carboxylic acids is 2. The van der Waals surface area contributed by atoms with Gasteiger partial charge in [0.05, 0.1) is 20.1 Å². The number of benzene rings is 1. The molecular weight excluding hydrogens is 324 g/mol. The van der Waals surface area contributed by atoms with Gasteiger partial charge in [-0.3, -0.25) is 4.79 Å². The Morgan fingerprint density at radius 2 is 1.96 bits per heavy atom. The Kier molecular flexibility index (Phi) is 3.45. The third kappa shape index (κ3) is 2.71. The molecule has 9 nitrogen and oxygen atoms in total. The van der Waals surface area contributed by atoms with Crippen molar-refractivity contribution in [3.05, 3.63) is 29.8 Å². The number of aromatic nitrogens is 4. The quantitative estimate of drug-likeness (QED) is 0.791. The van der Waals surface area contributed by atoms with Crippen molar-refractivity contribution in [2.45, 2.75) is 12.0 Å². The maximum Gasteiger partial charge on any atom is 0.410 e. The van der Waals surface area contributed by atoms with Gasteiger partial charge in [0, 0.05) is 31.1 Å². The molecule has 2 aromatic rings. The first-order valence-corrected chi connectivity index (χ1v) is 8.04. The van der Waals surface area contributed by atoms with Crippen molar-refractivity contribution >= 4 is 12.0 Å². The van der Waals surface area contributed by atoms with Crippen LogP contribution in [0.3, 0.4) is 0 Å². The van der Waals surface area contributed by atoms with Crippen LogP contribution in [0.4, 0.5) is 4.79 Å². The summed E-state index contributed by atoms with van der Waals surface area (Å²) in [6.45, 7) is 1.52. The van der Waals surface area contributed by atoms with Crippen LogP contribution in [-0.2, 0) is 11.8 Å². The van der Waals surface area contributed by atoms with Crippen molar-refractivity contribution in [1.82, 2.24) is 30.0 Å². The minimum absolute atomic E-state index is 0.0684. The Balaban J connectivity index is 1.47. The summed E-state index contributed by atoms with van der Waals surface area (Å²) in [5, 5.41) is 11.9. The van der Waals surface area contributed by atoms with E-state index in [1.165, 1.54) is 4.80 Å². The Morgan fingerprint density at radius 3 is 2.56 bits per heavy atom. The summed E-state index contributed by atoms with van der Waals surface area (Å²) in [7, 11) is 3.41. The number of carbonyl (C=O) groups is 2. The molecule has 0 bridgehead atoms. The minimum atomic E-state index is -0.565. The molecule has 2 amide bonds. The van der Waals surface area contributed by atoms with Crippen molar-refractivity contribution in [3.8, 4) is 11.4 Å². The molecule has 2 aliphatic heterocycles. The predicted molar refractivity (Wildman–Crippen MR) is 86.6 cm³/mol. The molecule has 1 atom stereocenters. The average molecular weight is 342 g/mol. The molecule has 9 heteroatoms. The van der Waals surface area contributed by atoms with Crippen LogP contribution in [0.25, 0.3) is 11.4 Å². The molecule has 0 saturated carbocycles. The average Bonchev–Trinajstić information content (AvgIpc) is 3.28. The largest absolute Gasteiger partial charge is 0.439 e. The Hall–Kier alpha value is -2.97. The second-order valence-electron chi connectivity index (χ2n) is 6.56. The molecule has 1 unspecified atom stereocenters. The van der Waals surface area contributed by atoms with Crippen LogP contribution in [0.2, 0.25) is 0 Å². The summed E-state index contributed by atoms with van der Waals surface area (Å²) in [6, 6.07) is 7.12. The second-order valence-corrected chi connectivity index (χ2v) is 6.56. The molecule has 1 aromatic carbocycles. The van der Waals surface area contributed by atoms with Gasteiger partial charge in [0.1, 0.15) is 0 Å². The monoisotopic (exact) mass is 342 g/mol. The maximum atomic E-state index is 12.7. The van der Waals surface area contributed by atoms with Crippen molar-refractivity contribution in [2.75, 3.05) is 26.7 Å². The number of likely N-dealkylation sites (N-methyl/N-ethyl adjacent to an activating group) is 1. The highest BCUT2D eigenvalue weighted by Gasteiger charge is 2.49. The van der Waals surface area contributed by atoms with Gasteiger partial charge in [-0.25, -0.2) is 4.79 Å². The van der Waals surface area contributed by atoms with E-state index in [4.69, 9.17) is 4.74 Å². The Morgan fingerprint density at radius 1 is 1.20 bits per heavy atom. The smallest absolute Gasteiger partial charge is 0.410 e. The summed E-state index contributed by atoms with van der Waals surface area (Å²) in [5.41, 5.74) is 0.821. The number of hydrogen-bond acceptors (Lipinski definition) is 6. The van der Waals surface area contributed by atoms with E-state index < -0.39 is 5.60 Å². The zero-order chi connectivity index (χ0) is 17.6. The molecule has 1 aromatic heterocycles. The molecular formula is C16H18N6O3. The summed E-state index contributed by atoms with van der Waals surface area (Å²) in [5.74, 6) is 0.448. The Bertz CT molecular complexity index is 833. The molecule has 2 saturated heterocycles. The number of hydrogen-bond donors (Lipinski definition) is 0. The van der Waals surface area contributed by atoms with Gasteiger partial charge in [0.2, 0.25) is 5.82 Å². The predicted octanol–water partition coefficient (Wildman–Crippen LogP) is 0.544. The number of likely N-dealkylation sites (tertiary alicyclic amines) is 1. The lowest BCUT2D eigenvalue weighted by Crippen LogP contribution is -2.39. The lowest BCUT2D eigenvalue weighted by atomic mass is 10.0. The van der Waals surface area contributed by atoms with Gasteiger partial charge in [-0.1, -0.05) is 12.1 Å². The molecule has 130 valence electrons. The van der Waals surface area contributed by atoms with Crippen molar-refractivity contribution < 1.29 is 14.3 Å². The first-order valence-electron chi connectivity index (χ1n) is 8.04. The number of rotatable bonds is 2. The molecule has 4 rings (SSSR count). The summed E-state index contributed by atoms with van der Waals surface area (Å²) in [4.78, 5) is 29.0. The van der Waals surface area contributed by atoms with E-state index in [0.29, 0.717) is 37.4 Å². The van der Waals surface area contributed by atoms with Gasteiger partial charge in [-0.05, 0) is 17.3 Å². The van der Waals surface area contributed by atoms with Crippen molar-refractivity contribution in [2.24, 2.45) is 7.05 Å². The van der Waals surface area contributed by atoms with Crippen LogP contribution < -0.4 is 0 Å². The zero-order valence-corrected chi connectivity index (χ0v) is 14.0. The SMILES string of the molecule is CN1CC2(CCN(C(=O)c3ccc(-c4nnn(C)n4)cc3)C2)OC1=O. The molecule has 0 aliphatic carbocycles. The fraction of sp³-hybridized carbons (Fsp3) is 0.438. The van der Waals surface area contributed by atoms with E-state index in [9.17, 15) is 9.59 Å². The fourth-order valence-corrected chi connectivity index (χ4v) is 3.37. The van der Waals surface area contributed by atoms with Gasteiger partial charge < -0.3 is 14.5 Å². The standard InChI is InChI=1S/C16H18N6O3/c1-20-9-16(25-15(20)24)7-8-22(10-16)14(23)12-5-3-11(4-6-12)13-17-19-21(2)18-13/h3-6H,7-10H2,1-2H3. The zero-order valence-electron chi connectivity index (χ0n) is 14.0. The number of tetrazole rings is 1. The third-order valence-electron chi connectivity index (χ3n) is 4.64. The van der Waals surface area contributed by atoms with E-state index in [0.717, 1.165) is 5.56 Å². The van der Waals surface area contributed by atoms with Crippen molar-refractivity contribution in [1.29, 1.82) is 0 Å². The highest BCUT2D eigenvalue weighted by atomic mass is 16.6. The summed E-state index contributed by atoms with van der Waals surface area (Å²) < 4.78 is 5.48. The fourth-order valence-electron chi connectivity index (χ4n) is 3.37. The number of nitrogens with zero attached hydrogens (tertiary/aromatic N) is 6. The first kappa shape index (κ1) is 15.6. The maximum absolute atomic E-state index is 12.7. The minimum Gasteiger partial charge on any atom is -0.439 e. The van der Waals surface area contributed by atoms with Crippen LogP contribution in [0.1, 0.15) is 16.8 Å². The van der Waals surface area contributed by atoms with Gasteiger partial charge in [-0.15, -0.1) is 10.2 Å². The highest BCUT2D eigenvalue weighted by molar-refractivity contribution is 5.95. The van der Waals surface area contributed by atoms with E-state index in [-0.39, 0.29) is 12.0 Å². The summed E-state index contributed by atoms with van der Waals surface area (Å²) >= 11 is 0. The molecule has 0 N–H and O–H groups in total. The summed E-state index contributed by atoms with van der Waals surface area (Å²) in [6.07, 6.45) is 0.339. The second kappa shape index (κ2) is 5.54. The van der Waals surface area contributed by atoms with Gasteiger partial charge in [0.15, 0.2) is 5.60 Å². The van der Waals surface area contributed by atoms with Crippen LogP contribution >= 0.6 is 0 Å². The molecule has 2 aliphatic rings. The third-order valence-corrected chi connectivity index (χ3v) is 4.64. The van der Waals surface area contributed by atoms with E-state index in [2.05, 4.69) is 15.4 Å². The number of ether oxygens (including phenoxy) is 1. The van der Waals surface area contributed by atoms with Crippen LogP contribution in [-0.4, -0.2) is 74.3 Å². The number of amides is 2. The highest BCUT2D eigenvalue weighted by Crippen LogP contribution is 2.32. The normalized spacial score (nSPS) is 22.7. The lowest BCUT2D eigenvalue weighted by molar-refractivity contribution is 0.0553. The first-order chi connectivity index (χ1) is 12.0. The molecule has 0 radical (unpaired) electrons. The van der Waals surface area contributed by atoms with E-state index in [1.807, 2.05) is 0 Å². The van der Waals surface area contributed by atoms with Crippen molar-refractivity contribution in [3.63, 3.8) is 0 Å². The molecule has 25 heavy (non-hydrogen) atoms. The van der Waals surface area contributed by atoms with E-state index >= 15 is 0 Å². The number of aryl methyl sites for hydroxylation is 1.